The largest absolute Gasteiger partial charge is 0.305 e. The van der Waals surface area contributed by atoms with Gasteiger partial charge in [-0.2, -0.15) is 0 Å². The molecule has 2 aromatic rings. The van der Waals surface area contributed by atoms with Gasteiger partial charge in [0, 0.05) is 6.04 Å². The van der Waals surface area contributed by atoms with E-state index in [0.717, 1.165) is 16.3 Å². The molecule has 0 spiro atoms. The Bertz CT molecular complexity index is 496. The summed E-state index contributed by atoms with van der Waals surface area (Å²) in [5.74, 6) is 0. The number of halogens is 2. The molecular weight excluding hydrogens is 220 g/mol. The van der Waals surface area contributed by atoms with E-state index in [4.69, 9.17) is 0 Å². The van der Waals surface area contributed by atoms with E-state index in [9.17, 15) is 8.78 Å². The first kappa shape index (κ1) is 12.0. The number of alkyl halides is 2. The lowest BCUT2D eigenvalue weighted by molar-refractivity contribution is 0.142. The normalized spacial score (nSPS) is 13.2. The summed E-state index contributed by atoms with van der Waals surface area (Å²) in [6, 6.07) is 14.0. The van der Waals surface area contributed by atoms with Crippen LogP contribution in [-0.2, 0) is 0 Å². The summed E-state index contributed by atoms with van der Waals surface area (Å²) in [7, 11) is 0. The second kappa shape index (κ2) is 5.23. The predicted molar refractivity (Wildman–Crippen MR) is 66.4 cm³/mol. The van der Waals surface area contributed by atoms with E-state index in [1.165, 1.54) is 0 Å². The average Bonchev–Trinajstić information content (AvgIpc) is 2.35. The summed E-state index contributed by atoms with van der Waals surface area (Å²) in [5, 5.41) is 5.11. The van der Waals surface area contributed by atoms with Crippen molar-refractivity contribution in [3.05, 3.63) is 48.0 Å². The van der Waals surface area contributed by atoms with Crippen LogP contribution in [0.3, 0.4) is 0 Å². The second-order valence-corrected chi connectivity index (χ2v) is 4.13. The number of hydrogen-bond acceptors (Lipinski definition) is 1. The quantitative estimate of drug-likeness (QED) is 0.850. The minimum Gasteiger partial charge on any atom is -0.305 e. The number of hydrogen-bond donors (Lipinski definition) is 1. The van der Waals surface area contributed by atoms with Crippen molar-refractivity contribution in [2.75, 3.05) is 6.54 Å². The van der Waals surface area contributed by atoms with Crippen molar-refractivity contribution in [2.45, 2.75) is 19.4 Å². The number of benzene rings is 2. The maximum absolute atomic E-state index is 12.1. The van der Waals surface area contributed by atoms with Crippen molar-refractivity contribution in [2.24, 2.45) is 0 Å². The summed E-state index contributed by atoms with van der Waals surface area (Å²) in [4.78, 5) is 0. The molecule has 0 aliphatic heterocycles. The smallest absolute Gasteiger partial charge is 0.250 e. The Morgan fingerprint density at radius 1 is 1.06 bits per heavy atom. The number of fused-ring (bicyclic) bond motifs is 1. The molecule has 1 atom stereocenters. The van der Waals surface area contributed by atoms with Crippen LogP contribution in [-0.4, -0.2) is 13.0 Å². The highest BCUT2D eigenvalue weighted by Gasteiger charge is 2.08. The van der Waals surface area contributed by atoms with Gasteiger partial charge >= 0.3 is 0 Å². The van der Waals surface area contributed by atoms with Gasteiger partial charge < -0.3 is 5.32 Å². The maximum atomic E-state index is 12.1. The van der Waals surface area contributed by atoms with Crippen molar-refractivity contribution < 1.29 is 8.78 Å². The summed E-state index contributed by atoms with van der Waals surface area (Å²) in [6.45, 7) is 1.63. The van der Waals surface area contributed by atoms with E-state index < -0.39 is 6.43 Å². The number of rotatable bonds is 4. The maximum Gasteiger partial charge on any atom is 0.250 e. The fraction of sp³-hybridized carbons (Fsp3) is 0.286. The summed E-state index contributed by atoms with van der Waals surface area (Å²) < 4.78 is 24.2. The molecule has 90 valence electrons. The van der Waals surface area contributed by atoms with Gasteiger partial charge in [-0.15, -0.1) is 0 Å². The van der Waals surface area contributed by atoms with Gasteiger partial charge in [0.2, 0.25) is 0 Å². The van der Waals surface area contributed by atoms with E-state index in [0.29, 0.717) is 0 Å². The monoisotopic (exact) mass is 235 g/mol. The van der Waals surface area contributed by atoms with E-state index in [1.54, 1.807) is 0 Å². The molecule has 0 heterocycles. The zero-order chi connectivity index (χ0) is 12.3. The minimum absolute atomic E-state index is 0.0615. The van der Waals surface area contributed by atoms with Crippen LogP contribution in [0.1, 0.15) is 18.5 Å². The van der Waals surface area contributed by atoms with Crippen LogP contribution >= 0.6 is 0 Å². The first-order chi connectivity index (χ1) is 8.16. The van der Waals surface area contributed by atoms with Crippen molar-refractivity contribution >= 4 is 10.8 Å². The highest BCUT2D eigenvalue weighted by Crippen LogP contribution is 2.20. The Labute approximate surface area is 99.5 Å². The highest BCUT2D eigenvalue weighted by atomic mass is 19.3. The van der Waals surface area contributed by atoms with Gasteiger partial charge in [-0.25, -0.2) is 8.78 Å². The molecule has 0 saturated heterocycles. The van der Waals surface area contributed by atoms with Crippen LogP contribution in [0.5, 0.6) is 0 Å². The average molecular weight is 235 g/mol. The molecule has 3 heteroatoms. The van der Waals surface area contributed by atoms with Crippen LogP contribution in [0, 0.1) is 0 Å². The van der Waals surface area contributed by atoms with Crippen molar-refractivity contribution in [1.82, 2.24) is 5.32 Å². The summed E-state index contributed by atoms with van der Waals surface area (Å²) in [6.07, 6.45) is -2.31. The van der Waals surface area contributed by atoms with Crippen LogP contribution in [0.25, 0.3) is 10.8 Å². The molecule has 0 radical (unpaired) electrons. The highest BCUT2D eigenvalue weighted by molar-refractivity contribution is 5.83. The zero-order valence-corrected chi connectivity index (χ0v) is 9.66. The molecule has 0 bridgehead atoms. The van der Waals surface area contributed by atoms with E-state index in [1.807, 2.05) is 49.4 Å². The molecule has 0 fully saturated rings. The predicted octanol–water partition coefficient (Wildman–Crippen LogP) is 3.76. The van der Waals surface area contributed by atoms with Gasteiger partial charge in [-0.05, 0) is 29.3 Å². The molecule has 0 amide bonds. The van der Waals surface area contributed by atoms with Crippen LogP contribution < -0.4 is 5.32 Å². The topological polar surface area (TPSA) is 12.0 Å². The minimum atomic E-state index is -2.31. The molecule has 1 unspecified atom stereocenters. The Morgan fingerprint density at radius 2 is 1.76 bits per heavy atom. The van der Waals surface area contributed by atoms with Gasteiger partial charge in [0.25, 0.3) is 6.43 Å². The first-order valence-corrected chi connectivity index (χ1v) is 5.67. The Balaban J connectivity index is 2.18. The third-order valence-electron chi connectivity index (χ3n) is 2.85. The summed E-state index contributed by atoms with van der Waals surface area (Å²) >= 11 is 0. The third-order valence-corrected chi connectivity index (χ3v) is 2.85. The Kier molecular flexibility index (Phi) is 3.69. The van der Waals surface area contributed by atoms with Crippen LogP contribution in [0.2, 0.25) is 0 Å². The van der Waals surface area contributed by atoms with E-state index in [2.05, 4.69) is 5.32 Å². The van der Waals surface area contributed by atoms with Crippen LogP contribution in [0.4, 0.5) is 8.78 Å². The molecule has 0 aliphatic carbocycles. The lowest BCUT2D eigenvalue weighted by atomic mass is 10.0. The van der Waals surface area contributed by atoms with E-state index >= 15 is 0 Å². The molecule has 0 aliphatic rings. The summed E-state index contributed by atoms with van der Waals surface area (Å²) in [5.41, 5.74) is 1.03. The molecule has 0 saturated carbocycles. The standard InChI is InChI=1S/C14H15F2N/c1-10(17-9-14(15)16)12-7-6-11-4-2-3-5-13(11)8-12/h2-8,10,14,17H,9H2,1H3. The van der Waals surface area contributed by atoms with Gasteiger partial charge in [0.1, 0.15) is 0 Å². The van der Waals surface area contributed by atoms with Gasteiger partial charge in [-0.3, -0.25) is 0 Å². The SMILES string of the molecule is CC(NCC(F)F)c1ccc2ccccc2c1. The lowest BCUT2D eigenvalue weighted by Gasteiger charge is -2.14. The Hall–Kier alpha value is -1.48. The second-order valence-electron chi connectivity index (χ2n) is 4.13. The molecular formula is C14H15F2N. The van der Waals surface area contributed by atoms with Crippen molar-refractivity contribution in [3.8, 4) is 0 Å². The van der Waals surface area contributed by atoms with Crippen molar-refractivity contribution in [3.63, 3.8) is 0 Å². The molecule has 17 heavy (non-hydrogen) atoms. The van der Waals surface area contributed by atoms with E-state index in [-0.39, 0.29) is 12.6 Å². The van der Waals surface area contributed by atoms with Crippen LogP contribution in [0.15, 0.2) is 42.5 Å². The zero-order valence-electron chi connectivity index (χ0n) is 9.66. The first-order valence-electron chi connectivity index (χ1n) is 5.67. The molecule has 1 N–H and O–H groups in total. The fourth-order valence-corrected chi connectivity index (χ4v) is 1.86. The molecule has 2 rings (SSSR count). The van der Waals surface area contributed by atoms with Gasteiger partial charge in [0.15, 0.2) is 0 Å². The van der Waals surface area contributed by atoms with Gasteiger partial charge in [0.05, 0.1) is 6.54 Å². The molecule has 1 nitrogen and oxygen atoms in total. The molecule has 0 aromatic heterocycles. The third kappa shape index (κ3) is 3.01. The molecule has 2 aromatic carbocycles. The lowest BCUT2D eigenvalue weighted by Crippen LogP contribution is -2.24. The van der Waals surface area contributed by atoms with Crippen molar-refractivity contribution in [1.29, 1.82) is 0 Å². The number of nitrogens with one attached hydrogen (secondary N) is 1. The Morgan fingerprint density at radius 3 is 2.47 bits per heavy atom. The van der Waals surface area contributed by atoms with Gasteiger partial charge in [-0.1, -0.05) is 36.4 Å². The fourth-order valence-electron chi connectivity index (χ4n) is 1.86.